The van der Waals surface area contributed by atoms with Crippen molar-refractivity contribution >= 4 is 22.5 Å². The van der Waals surface area contributed by atoms with Crippen LogP contribution >= 0.6 is 0 Å². The number of benzene rings is 2. The van der Waals surface area contributed by atoms with Crippen molar-refractivity contribution in [2.75, 3.05) is 31.9 Å². The van der Waals surface area contributed by atoms with Crippen LogP contribution in [0.5, 0.6) is 0 Å². The van der Waals surface area contributed by atoms with Gasteiger partial charge in [0.1, 0.15) is 0 Å². The van der Waals surface area contributed by atoms with E-state index in [1.165, 1.54) is 5.39 Å². The molecular weight excluding hydrogens is 324 g/mol. The second kappa shape index (κ2) is 6.84. The number of nitrogen functional groups attached to an aromatic ring is 1. The predicted molar refractivity (Wildman–Crippen MR) is 106 cm³/mol. The first-order valence-corrected chi connectivity index (χ1v) is 9.10. The Morgan fingerprint density at radius 1 is 1.12 bits per heavy atom. The quantitative estimate of drug-likeness (QED) is 0.716. The van der Waals surface area contributed by atoms with Crippen LogP contribution in [-0.2, 0) is 4.79 Å². The van der Waals surface area contributed by atoms with Crippen molar-refractivity contribution < 1.29 is 4.79 Å². The second-order valence-electron chi connectivity index (χ2n) is 6.85. The fourth-order valence-corrected chi connectivity index (χ4v) is 3.71. The van der Waals surface area contributed by atoms with Crippen LogP contribution in [0.15, 0.2) is 54.7 Å². The van der Waals surface area contributed by atoms with Crippen LogP contribution in [-0.4, -0.2) is 41.6 Å². The molecule has 0 aliphatic carbocycles. The number of hydrogen-bond donors (Lipinski definition) is 2. The normalized spacial score (nSPS) is 16.0. The first-order chi connectivity index (χ1) is 12.6. The lowest BCUT2D eigenvalue weighted by molar-refractivity contribution is -0.133. The molecule has 1 aliphatic heterocycles. The fraction of sp³-hybridized carbons (Fsp3) is 0.286. The predicted octanol–water partition coefficient (Wildman–Crippen LogP) is 2.75. The standard InChI is InChI=1S/C21H24N4O/c1-15(21(26)24-12-9-23-10-13-24)18-7-6-17(14-19(18)22)25-11-8-16-4-2-3-5-20(16)25/h2-8,11,14-15,23H,9-10,12-13,22H2,1H3/t15-/m1/s1. The minimum Gasteiger partial charge on any atom is -0.398 e. The third-order valence-electron chi connectivity index (χ3n) is 5.21. The Labute approximate surface area is 153 Å². The molecule has 5 nitrogen and oxygen atoms in total. The fourth-order valence-electron chi connectivity index (χ4n) is 3.71. The second-order valence-corrected chi connectivity index (χ2v) is 6.85. The van der Waals surface area contributed by atoms with Crippen molar-refractivity contribution in [3.8, 4) is 5.69 Å². The van der Waals surface area contributed by atoms with Crippen LogP contribution in [0.25, 0.3) is 16.6 Å². The van der Waals surface area contributed by atoms with Gasteiger partial charge in [0.05, 0.1) is 11.4 Å². The van der Waals surface area contributed by atoms with Crippen LogP contribution in [0.2, 0.25) is 0 Å². The van der Waals surface area contributed by atoms with E-state index in [0.29, 0.717) is 5.69 Å². The molecule has 3 N–H and O–H groups in total. The number of anilines is 1. The Morgan fingerprint density at radius 3 is 2.65 bits per heavy atom. The summed E-state index contributed by atoms with van der Waals surface area (Å²) in [5.74, 6) is -0.0825. The van der Waals surface area contributed by atoms with Crippen LogP contribution in [0.1, 0.15) is 18.4 Å². The van der Waals surface area contributed by atoms with E-state index in [0.717, 1.165) is 42.9 Å². The number of rotatable bonds is 3. The zero-order chi connectivity index (χ0) is 18.1. The number of aromatic nitrogens is 1. The zero-order valence-electron chi connectivity index (χ0n) is 15.0. The lowest BCUT2D eigenvalue weighted by Crippen LogP contribution is -2.47. The first kappa shape index (κ1) is 16.7. The summed E-state index contributed by atoms with van der Waals surface area (Å²) in [5, 5.41) is 4.47. The number of piperazine rings is 1. The van der Waals surface area contributed by atoms with Gasteiger partial charge in [-0.15, -0.1) is 0 Å². The SMILES string of the molecule is C[C@@H](C(=O)N1CCNCC1)c1ccc(-n2ccc3ccccc32)cc1N. The Bertz CT molecular complexity index is 940. The molecule has 1 saturated heterocycles. The summed E-state index contributed by atoms with van der Waals surface area (Å²) in [6.45, 7) is 5.18. The number of hydrogen-bond acceptors (Lipinski definition) is 3. The topological polar surface area (TPSA) is 63.3 Å². The monoisotopic (exact) mass is 348 g/mol. The highest BCUT2D eigenvalue weighted by molar-refractivity contribution is 5.86. The number of nitrogens with zero attached hydrogens (tertiary/aromatic N) is 2. The molecule has 26 heavy (non-hydrogen) atoms. The van der Waals surface area contributed by atoms with Crippen molar-refractivity contribution in [1.29, 1.82) is 0 Å². The van der Waals surface area contributed by atoms with Crippen molar-refractivity contribution in [3.05, 3.63) is 60.3 Å². The summed E-state index contributed by atoms with van der Waals surface area (Å²) in [7, 11) is 0. The molecule has 2 heterocycles. The van der Waals surface area contributed by atoms with Gasteiger partial charge in [0.15, 0.2) is 0 Å². The molecule has 1 fully saturated rings. The van der Waals surface area contributed by atoms with Crippen molar-refractivity contribution in [2.24, 2.45) is 0 Å². The summed E-state index contributed by atoms with van der Waals surface area (Å²) in [5.41, 5.74) is 10.1. The molecular formula is C21H24N4O. The number of para-hydroxylation sites is 1. The number of carbonyl (C=O) groups excluding carboxylic acids is 1. The van der Waals surface area contributed by atoms with Crippen LogP contribution in [0.3, 0.4) is 0 Å². The minimum absolute atomic E-state index is 0.150. The van der Waals surface area contributed by atoms with Crippen molar-refractivity contribution in [1.82, 2.24) is 14.8 Å². The molecule has 0 bridgehead atoms. The highest BCUT2D eigenvalue weighted by Gasteiger charge is 2.24. The van der Waals surface area contributed by atoms with Crippen molar-refractivity contribution in [3.63, 3.8) is 0 Å². The van der Waals surface area contributed by atoms with Crippen LogP contribution in [0, 0.1) is 0 Å². The Kier molecular flexibility index (Phi) is 4.39. The molecule has 1 atom stereocenters. The molecule has 0 radical (unpaired) electrons. The van der Waals surface area contributed by atoms with E-state index in [4.69, 9.17) is 5.73 Å². The average Bonchev–Trinajstić information content (AvgIpc) is 3.11. The van der Waals surface area contributed by atoms with Gasteiger partial charge in [0.25, 0.3) is 0 Å². The third-order valence-corrected chi connectivity index (χ3v) is 5.21. The van der Waals surface area contributed by atoms with Gasteiger partial charge in [0.2, 0.25) is 5.91 Å². The maximum atomic E-state index is 12.8. The summed E-state index contributed by atoms with van der Waals surface area (Å²) < 4.78 is 2.12. The third kappa shape index (κ3) is 2.95. The van der Waals surface area contributed by atoms with Gasteiger partial charge >= 0.3 is 0 Å². The minimum atomic E-state index is -0.233. The molecule has 0 saturated carbocycles. The first-order valence-electron chi connectivity index (χ1n) is 9.10. The molecule has 1 aliphatic rings. The number of fused-ring (bicyclic) bond motifs is 1. The highest BCUT2D eigenvalue weighted by Crippen LogP contribution is 2.28. The summed E-state index contributed by atoms with van der Waals surface area (Å²) in [4.78, 5) is 14.7. The van der Waals surface area contributed by atoms with E-state index in [9.17, 15) is 4.79 Å². The number of nitrogens with one attached hydrogen (secondary N) is 1. The van der Waals surface area contributed by atoms with Gasteiger partial charge in [-0.05, 0) is 42.1 Å². The van der Waals surface area contributed by atoms with E-state index in [2.05, 4.69) is 34.3 Å². The van der Waals surface area contributed by atoms with E-state index < -0.39 is 0 Å². The lowest BCUT2D eigenvalue weighted by atomic mass is 9.97. The summed E-state index contributed by atoms with van der Waals surface area (Å²) in [6.07, 6.45) is 2.05. The summed E-state index contributed by atoms with van der Waals surface area (Å²) in [6, 6.07) is 16.3. The van der Waals surface area contributed by atoms with Gasteiger partial charge in [-0.2, -0.15) is 0 Å². The maximum Gasteiger partial charge on any atom is 0.229 e. The molecule has 4 rings (SSSR count). The lowest BCUT2D eigenvalue weighted by Gasteiger charge is -2.30. The van der Waals surface area contributed by atoms with Crippen LogP contribution < -0.4 is 11.1 Å². The largest absolute Gasteiger partial charge is 0.398 e. The van der Waals surface area contributed by atoms with Gasteiger partial charge in [-0.3, -0.25) is 4.79 Å². The molecule has 1 amide bonds. The average molecular weight is 348 g/mol. The van der Waals surface area contributed by atoms with E-state index in [1.54, 1.807) is 0 Å². The molecule has 3 aromatic rings. The van der Waals surface area contributed by atoms with Gasteiger partial charge < -0.3 is 20.5 Å². The van der Waals surface area contributed by atoms with Crippen molar-refractivity contribution in [2.45, 2.75) is 12.8 Å². The Balaban J connectivity index is 1.62. The molecule has 134 valence electrons. The maximum absolute atomic E-state index is 12.8. The zero-order valence-corrected chi connectivity index (χ0v) is 15.0. The van der Waals surface area contributed by atoms with Gasteiger partial charge in [-0.25, -0.2) is 0 Å². The Hall–Kier alpha value is -2.79. The summed E-state index contributed by atoms with van der Waals surface area (Å²) >= 11 is 0. The van der Waals surface area contributed by atoms with E-state index in [-0.39, 0.29) is 11.8 Å². The smallest absolute Gasteiger partial charge is 0.229 e. The highest BCUT2D eigenvalue weighted by atomic mass is 16.2. The van der Waals surface area contributed by atoms with Crippen LogP contribution in [0.4, 0.5) is 5.69 Å². The number of nitrogens with two attached hydrogens (primary N) is 1. The van der Waals surface area contributed by atoms with E-state index >= 15 is 0 Å². The Morgan fingerprint density at radius 2 is 1.88 bits per heavy atom. The molecule has 0 unspecified atom stereocenters. The number of amides is 1. The van der Waals surface area contributed by atoms with E-state index in [1.807, 2.05) is 42.2 Å². The van der Waals surface area contributed by atoms with Gasteiger partial charge in [0, 0.05) is 43.8 Å². The number of carbonyl (C=O) groups is 1. The molecule has 0 spiro atoms. The van der Waals surface area contributed by atoms with Gasteiger partial charge in [-0.1, -0.05) is 24.3 Å². The molecule has 1 aromatic heterocycles. The molecule has 5 heteroatoms. The molecule has 2 aromatic carbocycles.